The third-order valence-corrected chi connectivity index (χ3v) is 4.40. The predicted octanol–water partition coefficient (Wildman–Crippen LogP) is 3.09. The Morgan fingerprint density at radius 2 is 2.25 bits per heavy atom. The number of anilines is 2. The number of rotatable bonds is 3. The minimum atomic E-state index is 0.0324. The molecule has 1 heterocycles. The first-order valence-corrected chi connectivity index (χ1v) is 7.91. The lowest BCUT2D eigenvalue weighted by atomic mass is 10.0. The number of carbonyl (C=O) groups is 1. The molecule has 1 unspecified atom stereocenters. The Morgan fingerprint density at radius 3 is 3.00 bits per heavy atom. The maximum Gasteiger partial charge on any atom is 0.238 e. The van der Waals surface area contributed by atoms with Gasteiger partial charge in [0.15, 0.2) is 0 Å². The van der Waals surface area contributed by atoms with Crippen LogP contribution in [0.3, 0.4) is 0 Å². The van der Waals surface area contributed by atoms with Crippen molar-refractivity contribution < 1.29 is 4.79 Å². The molecule has 1 saturated heterocycles. The van der Waals surface area contributed by atoms with Gasteiger partial charge < -0.3 is 11.1 Å². The van der Waals surface area contributed by atoms with Gasteiger partial charge in [-0.15, -0.1) is 0 Å². The molecule has 2 rings (SSSR count). The van der Waals surface area contributed by atoms with E-state index in [0.717, 1.165) is 29.2 Å². The van der Waals surface area contributed by atoms with E-state index < -0.39 is 0 Å². The van der Waals surface area contributed by atoms with E-state index in [4.69, 9.17) is 5.73 Å². The van der Waals surface area contributed by atoms with Crippen molar-refractivity contribution in [3.05, 3.63) is 22.7 Å². The Kier molecular flexibility index (Phi) is 5.43. The van der Waals surface area contributed by atoms with Crippen LogP contribution in [0.5, 0.6) is 0 Å². The van der Waals surface area contributed by atoms with Crippen LogP contribution < -0.4 is 11.1 Å². The first kappa shape index (κ1) is 15.3. The van der Waals surface area contributed by atoms with Crippen molar-refractivity contribution in [1.82, 2.24) is 4.90 Å². The molecule has 110 valence electrons. The van der Waals surface area contributed by atoms with Gasteiger partial charge in [-0.1, -0.05) is 6.92 Å². The van der Waals surface area contributed by atoms with Crippen molar-refractivity contribution >= 4 is 33.2 Å². The molecule has 1 aromatic carbocycles. The number of hydrogen-bond donors (Lipinski definition) is 2. The number of carbonyl (C=O) groups excluding carboxylic acids is 1. The minimum absolute atomic E-state index is 0.0324. The van der Waals surface area contributed by atoms with Gasteiger partial charge in [-0.25, -0.2) is 0 Å². The molecule has 1 atom stereocenters. The number of benzene rings is 1. The maximum atomic E-state index is 12.1. The molecule has 1 fully saturated rings. The van der Waals surface area contributed by atoms with Crippen molar-refractivity contribution in [3.8, 4) is 0 Å². The van der Waals surface area contributed by atoms with Crippen LogP contribution in [-0.2, 0) is 4.79 Å². The monoisotopic (exact) mass is 339 g/mol. The first-order valence-electron chi connectivity index (χ1n) is 7.12. The van der Waals surface area contributed by atoms with Gasteiger partial charge in [0.1, 0.15) is 0 Å². The molecule has 1 aliphatic rings. The molecule has 1 aliphatic heterocycles. The third-order valence-electron chi connectivity index (χ3n) is 3.74. The zero-order valence-electron chi connectivity index (χ0n) is 11.9. The maximum absolute atomic E-state index is 12.1. The fraction of sp³-hybridized carbons (Fsp3) is 0.533. The van der Waals surface area contributed by atoms with Crippen LogP contribution in [0.25, 0.3) is 0 Å². The summed E-state index contributed by atoms with van der Waals surface area (Å²) >= 11 is 3.41. The Hall–Kier alpha value is -1.07. The van der Waals surface area contributed by atoms with E-state index in [9.17, 15) is 4.79 Å². The zero-order chi connectivity index (χ0) is 14.5. The van der Waals surface area contributed by atoms with Crippen LogP contribution >= 0.6 is 15.9 Å². The highest BCUT2D eigenvalue weighted by Gasteiger charge is 2.16. The second-order valence-corrected chi connectivity index (χ2v) is 6.45. The minimum Gasteiger partial charge on any atom is -0.399 e. The summed E-state index contributed by atoms with van der Waals surface area (Å²) in [5.41, 5.74) is 7.14. The van der Waals surface area contributed by atoms with Crippen LogP contribution in [0.1, 0.15) is 26.2 Å². The number of nitrogens with one attached hydrogen (secondary N) is 1. The molecule has 0 saturated carbocycles. The molecule has 4 nitrogen and oxygen atoms in total. The van der Waals surface area contributed by atoms with Gasteiger partial charge in [0, 0.05) is 10.2 Å². The van der Waals surface area contributed by atoms with Crippen LogP contribution in [0, 0.1) is 5.92 Å². The predicted molar refractivity (Wildman–Crippen MR) is 86.6 cm³/mol. The number of hydrogen-bond acceptors (Lipinski definition) is 3. The topological polar surface area (TPSA) is 58.4 Å². The summed E-state index contributed by atoms with van der Waals surface area (Å²) in [6, 6.07) is 5.40. The van der Waals surface area contributed by atoms with Gasteiger partial charge in [-0.2, -0.15) is 0 Å². The average Bonchev–Trinajstić information content (AvgIpc) is 2.58. The normalized spacial score (nSPS) is 20.4. The van der Waals surface area contributed by atoms with E-state index >= 15 is 0 Å². The van der Waals surface area contributed by atoms with E-state index in [2.05, 4.69) is 33.1 Å². The smallest absolute Gasteiger partial charge is 0.238 e. The van der Waals surface area contributed by atoms with E-state index in [0.29, 0.717) is 12.2 Å². The number of nitrogen functional groups attached to an aromatic ring is 1. The third kappa shape index (κ3) is 4.49. The molecule has 3 N–H and O–H groups in total. The highest BCUT2D eigenvalue weighted by Crippen LogP contribution is 2.24. The van der Waals surface area contributed by atoms with Gasteiger partial charge in [-0.3, -0.25) is 9.69 Å². The van der Waals surface area contributed by atoms with E-state index in [1.807, 2.05) is 6.07 Å². The van der Waals surface area contributed by atoms with Crippen molar-refractivity contribution in [2.45, 2.75) is 26.2 Å². The lowest BCUT2D eigenvalue weighted by Crippen LogP contribution is -2.34. The van der Waals surface area contributed by atoms with Crippen molar-refractivity contribution in [2.24, 2.45) is 5.92 Å². The fourth-order valence-electron chi connectivity index (χ4n) is 2.51. The summed E-state index contributed by atoms with van der Waals surface area (Å²) in [5, 5.41) is 2.93. The number of nitrogens with two attached hydrogens (primary N) is 1. The summed E-state index contributed by atoms with van der Waals surface area (Å²) < 4.78 is 0.815. The molecule has 0 spiro atoms. The lowest BCUT2D eigenvalue weighted by molar-refractivity contribution is -0.117. The Balaban J connectivity index is 1.88. The molecule has 0 aromatic heterocycles. The number of amides is 1. The van der Waals surface area contributed by atoms with E-state index in [1.165, 1.54) is 19.3 Å². The van der Waals surface area contributed by atoms with Gasteiger partial charge >= 0.3 is 0 Å². The molecule has 20 heavy (non-hydrogen) atoms. The first-order chi connectivity index (χ1) is 9.54. The highest BCUT2D eigenvalue weighted by atomic mass is 79.9. The second-order valence-electron chi connectivity index (χ2n) is 5.60. The summed E-state index contributed by atoms with van der Waals surface area (Å²) in [7, 11) is 0. The van der Waals surface area contributed by atoms with Crippen molar-refractivity contribution in [3.63, 3.8) is 0 Å². The Bertz CT molecular complexity index is 478. The molecular weight excluding hydrogens is 318 g/mol. The zero-order valence-corrected chi connectivity index (χ0v) is 13.4. The number of halogens is 1. The van der Waals surface area contributed by atoms with Crippen molar-refractivity contribution in [2.75, 3.05) is 30.7 Å². The molecule has 0 radical (unpaired) electrons. The fourth-order valence-corrected chi connectivity index (χ4v) is 3.00. The number of nitrogens with zero attached hydrogens (tertiary/aromatic N) is 1. The number of likely N-dealkylation sites (tertiary alicyclic amines) is 1. The summed E-state index contributed by atoms with van der Waals surface area (Å²) in [6.07, 6.45) is 3.63. The molecule has 1 aromatic rings. The van der Waals surface area contributed by atoms with Gasteiger partial charge in [0.2, 0.25) is 5.91 Å². The van der Waals surface area contributed by atoms with Gasteiger partial charge in [-0.05, 0) is 72.4 Å². The summed E-state index contributed by atoms with van der Waals surface area (Å²) in [6.45, 7) is 4.77. The van der Waals surface area contributed by atoms with Crippen molar-refractivity contribution in [1.29, 1.82) is 0 Å². The summed E-state index contributed by atoms with van der Waals surface area (Å²) in [5.74, 6) is 0.805. The lowest BCUT2D eigenvalue weighted by Gasteiger charge is -2.19. The second kappa shape index (κ2) is 7.09. The van der Waals surface area contributed by atoms with Crippen LogP contribution in [0.4, 0.5) is 11.4 Å². The standard InChI is InChI=1S/C15H22BrN3O/c1-11-3-2-7-19(8-6-11)10-15(20)18-14-5-4-12(17)9-13(14)16/h4-5,9,11H,2-3,6-8,10,17H2,1H3,(H,18,20). The van der Waals surface area contributed by atoms with Crippen LogP contribution in [0.15, 0.2) is 22.7 Å². The Morgan fingerprint density at radius 1 is 1.45 bits per heavy atom. The molecule has 1 amide bonds. The van der Waals surface area contributed by atoms with Crippen LogP contribution in [-0.4, -0.2) is 30.4 Å². The molecular formula is C15H22BrN3O. The van der Waals surface area contributed by atoms with E-state index in [1.54, 1.807) is 12.1 Å². The largest absolute Gasteiger partial charge is 0.399 e. The highest BCUT2D eigenvalue weighted by molar-refractivity contribution is 9.10. The quantitative estimate of drug-likeness (QED) is 0.832. The van der Waals surface area contributed by atoms with Gasteiger partial charge in [0.25, 0.3) is 0 Å². The van der Waals surface area contributed by atoms with Crippen LogP contribution in [0.2, 0.25) is 0 Å². The van der Waals surface area contributed by atoms with Gasteiger partial charge in [0.05, 0.1) is 12.2 Å². The molecule has 0 bridgehead atoms. The molecule has 0 aliphatic carbocycles. The summed E-state index contributed by atoms with van der Waals surface area (Å²) in [4.78, 5) is 14.3. The van der Waals surface area contributed by atoms with E-state index in [-0.39, 0.29) is 5.91 Å². The molecule has 5 heteroatoms. The Labute approximate surface area is 128 Å². The average molecular weight is 340 g/mol. The SMILES string of the molecule is CC1CCCN(CC(=O)Nc2ccc(N)cc2Br)CC1.